The molecule has 0 saturated carbocycles. The fourth-order valence-electron chi connectivity index (χ4n) is 4.90. The summed E-state index contributed by atoms with van der Waals surface area (Å²) in [6, 6.07) is 31.4. The van der Waals surface area contributed by atoms with Crippen molar-refractivity contribution in [1.29, 1.82) is 0 Å². The van der Waals surface area contributed by atoms with Crippen LogP contribution in [0.1, 0.15) is 33.4 Å². The molecule has 0 saturated heterocycles. The maximum Gasteiger partial charge on any atom is -0.00138 e. The molecule has 0 nitrogen and oxygen atoms in total. The van der Waals surface area contributed by atoms with Crippen molar-refractivity contribution in [3.8, 4) is 22.3 Å². The first kappa shape index (κ1) is 15.7. The van der Waals surface area contributed by atoms with E-state index >= 15 is 0 Å². The Morgan fingerprint density at radius 2 is 0.714 bits per heavy atom. The average Bonchev–Trinajstić information content (AvgIpc) is 3.19. The number of aryl methyl sites for hydroxylation is 2. The van der Waals surface area contributed by atoms with Crippen LogP contribution in [0.3, 0.4) is 0 Å². The SMILES string of the molecule is Cc1ccc2c(c1)/C(=C1\c3ccccc3-c3ccc(C)cc31)c1ccccc1-2. The van der Waals surface area contributed by atoms with Crippen molar-refractivity contribution >= 4 is 11.1 Å². The summed E-state index contributed by atoms with van der Waals surface area (Å²) in [6.07, 6.45) is 0. The molecule has 0 heterocycles. The standard InChI is InChI=1S/C28H20/c1-17-11-13-21-19-7-3-5-9-23(19)27(25(21)15-17)28-24-10-6-4-8-20(24)22-14-12-18(2)16-26(22)28/h3-16H,1-2H3/b28-27+. The van der Waals surface area contributed by atoms with Gasteiger partial charge in [0.05, 0.1) is 0 Å². The molecule has 2 aliphatic rings. The summed E-state index contributed by atoms with van der Waals surface area (Å²) in [5, 5.41) is 0. The molecule has 0 spiro atoms. The topological polar surface area (TPSA) is 0 Å². The fraction of sp³-hybridized carbons (Fsp3) is 0.0714. The quantitative estimate of drug-likeness (QED) is 0.268. The van der Waals surface area contributed by atoms with E-state index in [0.29, 0.717) is 0 Å². The Morgan fingerprint density at radius 3 is 1.14 bits per heavy atom. The minimum absolute atomic E-state index is 1.31. The van der Waals surface area contributed by atoms with Crippen molar-refractivity contribution in [3.05, 3.63) is 118 Å². The van der Waals surface area contributed by atoms with Crippen LogP contribution < -0.4 is 0 Å². The largest absolute Gasteiger partial charge is 0.0616 e. The molecule has 0 N–H and O–H groups in total. The molecule has 0 unspecified atom stereocenters. The van der Waals surface area contributed by atoms with Crippen LogP contribution in [0.5, 0.6) is 0 Å². The van der Waals surface area contributed by atoms with E-state index in [9.17, 15) is 0 Å². The third-order valence-electron chi connectivity index (χ3n) is 6.11. The van der Waals surface area contributed by atoms with E-state index in [-0.39, 0.29) is 0 Å². The number of rotatable bonds is 0. The van der Waals surface area contributed by atoms with Crippen molar-refractivity contribution in [2.24, 2.45) is 0 Å². The van der Waals surface area contributed by atoms with Gasteiger partial charge in [-0.15, -0.1) is 0 Å². The minimum atomic E-state index is 1.31. The average molecular weight is 356 g/mol. The molecule has 0 heteroatoms. The number of hydrogen-bond donors (Lipinski definition) is 0. The molecular formula is C28H20. The highest BCUT2D eigenvalue weighted by Crippen LogP contribution is 2.54. The molecule has 2 aliphatic carbocycles. The summed E-state index contributed by atoms with van der Waals surface area (Å²) in [5.74, 6) is 0. The minimum Gasteiger partial charge on any atom is -0.0616 e. The second-order valence-electron chi connectivity index (χ2n) is 7.94. The smallest absolute Gasteiger partial charge is 0.00138 e. The Balaban J connectivity index is 1.82. The van der Waals surface area contributed by atoms with Gasteiger partial charge in [0.25, 0.3) is 0 Å². The Morgan fingerprint density at radius 1 is 0.357 bits per heavy atom. The van der Waals surface area contributed by atoms with Gasteiger partial charge in [-0.3, -0.25) is 0 Å². The molecule has 0 amide bonds. The third kappa shape index (κ3) is 2.00. The van der Waals surface area contributed by atoms with Gasteiger partial charge in [-0.05, 0) is 69.5 Å². The number of hydrogen-bond acceptors (Lipinski definition) is 0. The van der Waals surface area contributed by atoms with Crippen molar-refractivity contribution in [2.75, 3.05) is 0 Å². The lowest BCUT2D eigenvalue weighted by Gasteiger charge is -2.12. The normalized spacial score (nSPS) is 15.8. The molecule has 6 rings (SSSR count). The lowest BCUT2D eigenvalue weighted by atomic mass is 9.91. The first-order chi connectivity index (χ1) is 13.7. The van der Waals surface area contributed by atoms with Gasteiger partial charge in [-0.25, -0.2) is 0 Å². The van der Waals surface area contributed by atoms with Crippen molar-refractivity contribution in [3.63, 3.8) is 0 Å². The van der Waals surface area contributed by atoms with Crippen LogP contribution >= 0.6 is 0 Å². The predicted molar refractivity (Wildman–Crippen MR) is 118 cm³/mol. The molecule has 0 atom stereocenters. The summed E-state index contributed by atoms with van der Waals surface area (Å²) in [4.78, 5) is 0. The molecule has 28 heavy (non-hydrogen) atoms. The van der Waals surface area contributed by atoms with E-state index in [2.05, 4.69) is 98.8 Å². The highest BCUT2D eigenvalue weighted by molar-refractivity contribution is 6.18. The maximum absolute atomic E-state index is 2.36. The van der Waals surface area contributed by atoms with Crippen LogP contribution in [-0.4, -0.2) is 0 Å². The molecule has 0 aromatic heterocycles. The van der Waals surface area contributed by atoms with E-state index in [0.717, 1.165) is 0 Å². The van der Waals surface area contributed by atoms with Crippen LogP contribution in [-0.2, 0) is 0 Å². The zero-order valence-corrected chi connectivity index (χ0v) is 16.1. The first-order valence-corrected chi connectivity index (χ1v) is 9.88. The number of fused-ring (bicyclic) bond motifs is 6. The fourth-order valence-corrected chi connectivity index (χ4v) is 4.90. The van der Waals surface area contributed by atoms with Gasteiger partial charge in [0.1, 0.15) is 0 Å². The first-order valence-electron chi connectivity index (χ1n) is 9.88. The zero-order chi connectivity index (χ0) is 18.8. The number of benzene rings is 4. The Hall–Kier alpha value is -3.38. The van der Waals surface area contributed by atoms with Gasteiger partial charge >= 0.3 is 0 Å². The molecular weight excluding hydrogens is 336 g/mol. The van der Waals surface area contributed by atoms with Gasteiger partial charge in [0.2, 0.25) is 0 Å². The van der Waals surface area contributed by atoms with Crippen LogP contribution in [0.25, 0.3) is 33.4 Å². The monoisotopic (exact) mass is 356 g/mol. The lowest BCUT2D eigenvalue weighted by molar-refractivity contribution is 1.45. The highest BCUT2D eigenvalue weighted by Gasteiger charge is 2.32. The van der Waals surface area contributed by atoms with E-state index in [1.54, 1.807) is 0 Å². The van der Waals surface area contributed by atoms with Crippen LogP contribution in [0, 0.1) is 13.8 Å². The Kier molecular flexibility index (Phi) is 3.11. The van der Waals surface area contributed by atoms with Crippen molar-refractivity contribution < 1.29 is 0 Å². The van der Waals surface area contributed by atoms with Crippen LogP contribution in [0.15, 0.2) is 84.9 Å². The summed E-state index contributed by atoms with van der Waals surface area (Å²) < 4.78 is 0. The van der Waals surface area contributed by atoms with Gasteiger partial charge in [0.15, 0.2) is 0 Å². The van der Waals surface area contributed by atoms with Crippen molar-refractivity contribution in [2.45, 2.75) is 13.8 Å². The van der Waals surface area contributed by atoms with E-state index in [1.807, 2.05) is 0 Å². The third-order valence-corrected chi connectivity index (χ3v) is 6.11. The summed E-state index contributed by atoms with van der Waals surface area (Å²) in [6.45, 7) is 4.37. The van der Waals surface area contributed by atoms with Crippen molar-refractivity contribution in [1.82, 2.24) is 0 Å². The lowest BCUT2D eigenvalue weighted by Crippen LogP contribution is -1.91. The van der Waals surface area contributed by atoms with Crippen LogP contribution in [0.2, 0.25) is 0 Å². The highest BCUT2D eigenvalue weighted by atomic mass is 14.3. The predicted octanol–water partition coefficient (Wildman–Crippen LogP) is 7.27. The van der Waals surface area contributed by atoms with E-state index in [1.165, 1.54) is 66.8 Å². The maximum atomic E-state index is 2.36. The Labute approximate surface area is 165 Å². The molecule has 0 bridgehead atoms. The molecule has 132 valence electrons. The van der Waals surface area contributed by atoms with Gasteiger partial charge < -0.3 is 0 Å². The van der Waals surface area contributed by atoms with E-state index in [4.69, 9.17) is 0 Å². The van der Waals surface area contributed by atoms with Gasteiger partial charge in [-0.2, -0.15) is 0 Å². The molecule has 0 fully saturated rings. The molecule has 4 aromatic rings. The summed E-state index contributed by atoms with van der Waals surface area (Å²) in [5.41, 5.74) is 16.2. The molecule has 4 aromatic carbocycles. The van der Waals surface area contributed by atoms with Gasteiger partial charge in [-0.1, -0.05) is 96.1 Å². The van der Waals surface area contributed by atoms with Gasteiger partial charge in [0, 0.05) is 0 Å². The second-order valence-corrected chi connectivity index (χ2v) is 7.94. The summed E-state index contributed by atoms with van der Waals surface area (Å²) >= 11 is 0. The molecule has 0 aliphatic heterocycles. The summed E-state index contributed by atoms with van der Waals surface area (Å²) in [7, 11) is 0. The molecule has 0 radical (unpaired) electrons. The van der Waals surface area contributed by atoms with E-state index < -0.39 is 0 Å². The second kappa shape index (κ2) is 5.56. The Bertz CT molecular complexity index is 1210. The zero-order valence-electron chi connectivity index (χ0n) is 16.1. The van der Waals surface area contributed by atoms with Crippen LogP contribution in [0.4, 0.5) is 0 Å².